The van der Waals surface area contributed by atoms with Crippen molar-refractivity contribution in [3.05, 3.63) is 144 Å². The molecule has 0 spiro atoms. The molecule has 0 aliphatic rings. The largest absolute Gasteiger partial charge is 0.298 e. The number of hydrogen-bond acceptors (Lipinski definition) is 1. The average molecular weight is 408 g/mol. The number of nitrogens with zero attached hydrogens (tertiary/aromatic N) is 1. The third kappa shape index (κ3) is 7.55. The van der Waals surface area contributed by atoms with E-state index in [-0.39, 0.29) is 0 Å². The normalized spacial score (nSPS) is 10.6. The van der Waals surface area contributed by atoms with Gasteiger partial charge in [0.2, 0.25) is 0 Å². The lowest BCUT2D eigenvalue weighted by Gasteiger charge is -2.16. The lowest BCUT2D eigenvalue weighted by molar-refractivity contribution is 0.319. The Bertz CT molecular complexity index is 885. The van der Waals surface area contributed by atoms with Crippen molar-refractivity contribution in [2.45, 2.75) is 32.4 Å². The maximum atomic E-state index is 2.32. The van der Waals surface area contributed by atoms with Gasteiger partial charge in [0.05, 0.1) is 0 Å². The first-order chi connectivity index (χ1) is 15.3. The van der Waals surface area contributed by atoms with Gasteiger partial charge in [-0.1, -0.05) is 128 Å². The molecule has 0 saturated heterocycles. The van der Waals surface area contributed by atoms with Crippen LogP contribution in [0.1, 0.15) is 41.5 Å². The lowest BCUT2D eigenvalue weighted by Crippen LogP contribution is -2.16. The average Bonchev–Trinajstić information content (AvgIpc) is 2.83. The molecule has 0 aliphatic carbocycles. The second-order valence-electron chi connectivity index (χ2n) is 7.93. The fraction of sp³-hybridized carbons (Fsp3) is 0.200. The molecule has 0 aromatic heterocycles. The van der Waals surface area contributed by atoms with Crippen LogP contribution < -0.4 is 0 Å². The van der Waals surface area contributed by atoms with Crippen molar-refractivity contribution >= 4 is 0 Å². The summed E-state index contributed by atoms with van der Waals surface area (Å²) < 4.78 is 0. The quantitative estimate of drug-likeness (QED) is 0.306. The fourth-order valence-corrected chi connectivity index (χ4v) is 3.88. The molecule has 4 aromatic carbocycles. The van der Waals surface area contributed by atoms with E-state index in [1.165, 1.54) is 22.3 Å². The topological polar surface area (TPSA) is 3.24 Å². The monoisotopic (exact) mass is 407 g/mol. The molecule has 0 atom stereocenters. The van der Waals surface area contributed by atoms with E-state index < -0.39 is 0 Å². The highest BCUT2D eigenvalue weighted by Gasteiger charge is 2.10. The first-order valence-corrected chi connectivity index (χ1v) is 11.1. The van der Waals surface area contributed by atoms with Crippen molar-refractivity contribution in [3.8, 4) is 0 Å². The molecule has 4 rings (SSSR count). The van der Waals surface area contributed by atoms with Crippen molar-refractivity contribution < 1.29 is 0 Å². The van der Waals surface area contributed by atoms with Crippen LogP contribution in [-0.4, -0.2) is 11.9 Å². The Hall–Kier alpha value is -3.16. The highest BCUT2D eigenvalue weighted by Crippen LogP contribution is 2.27. The SMILES string of the molecule is CCC(c1ccccc1)c1ccccc1.CN(Cc1ccccc1)Cc1ccccc1. The van der Waals surface area contributed by atoms with Crippen LogP contribution in [0.5, 0.6) is 0 Å². The fourth-order valence-electron chi connectivity index (χ4n) is 3.88. The van der Waals surface area contributed by atoms with Crippen LogP contribution in [0.2, 0.25) is 0 Å². The van der Waals surface area contributed by atoms with Gasteiger partial charge in [0, 0.05) is 19.0 Å². The molecule has 0 bridgehead atoms. The van der Waals surface area contributed by atoms with Crippen LogP contribution in [-0.2, 0) is 13.1 Å². The summed E-state index contributed by atoms with van der Waals surface area (Å²) >= 11 is 0. The molecule has 0 unspecified atom stereocenters. The van der Waals surface area contributed by atoms with Crippen molar-refractivity contribution in [1.29, 1.82) is 0 Å². The molecular weight excluding hydrogens is 374 g/mol. The Morgan fingerprint density at radius 3 is 1.16 bits per heavy atom. The van der Waals surface area contributed by atoms with Gasteiger partial charge in [0.1, 0.15) is 0 Å². The summed E-state index contributed by atoms with van der Waals surface area (Å²) in [6.07, 6.45) is 1.15. The Morgan fingerprint density at radius 1 is 0.516 bits per heavy atom. The van der Waals surface area contributed by atoms with E-state index in [1.807, 2.05) is 0 Å². The summed E-state index contributed by atoms with van der Waals surface area (Å²) in [4.78, 5) is 2.32. The Labute approximate surface area is 188 Å². The highest BCUT2D eigenvalue weighted by atomic mass is 15.1. The zero-order chi connectivity index (χ0) is 21.7. The molecular formula is C30H33N. The van der Waals surface area contributed by atoms with Gasteiger partial charge >= 0.3 is 0 Å². The number of benzene rings is 4. The van der Waals surface area contributed by atoms with Crippen molar-refractivity contribution in [2.75, 3.05) is 7.05 Å². The molecule has 1 nitrogen and oxygen atoms in total. The van der Waals surface area contributed by atoms with Crippen LogP contribution >= 0.6 is 0 Å². The molecule has 0 saturated carbocycles. The predicted octanol–water partition coefficient (Wildman–Crippen LogP) is 7.55. The summed E-state index contributed by atoms with van der Waals surface area (Å²) in [5.74, 6) is 0.535. The minimum Gasteiger partial charge on any atom is -0.298 e. The van der Waals surface area contributed by atoms with E-state index in [1.54, 1.807) is 0 Å². The van der Waals surface area contributed by atoms with E-state index in [2.05, 4.69) is 140 Å². The summed E-state index contributed by atoms with van der Waals surface area (Å²) in [5, 5.41) is 0. The van der Waals surface area contributed by atoms with Crippen molar-refractivity contribution in [3.63, 3.8) is 0 Å². The second-order valence-corrected chi connectivity index (χ2v) is 7.93. The van der Waals surface area contributed by atoms with Crippen molar-refractivity contribution in [1.82, 2.24) is 4.90 Å². The van der Waals surface area contributed by atoms with Crippen molar-refractivity contribution in [2.24, 2.45) is 0 Å². The van der Waals surface area contributed by atoms with Gasteiger partial charge in [-0.3, -0.25) is 4.90 Å². The van der Waals surface area contributed by atoms with Gasteiger partial charge in [0.25, 0.3) is 0 Å². The standard InChI is InChI=1S/C15H17N.C15H16/c1-16(12-14-8-4-2-5-9-14)13-15-10-6-3-7-11-15;1-2-15(13-9-5-3-6-10-13)14-11-7-4-8-12-14/h2-11H,12-13H2,1H3;3-12,15H,2H2,1H3. The van der Waals surface area contributed by atoms with Gasteiger partial charge < -0.3 is 0 Å². The molecule has 0 amide bonds. The van der Waals surface area contributed by atoms with Gasteiger partial charge in [-0.25, -0.2) is 0 Å². The van der Waals surface area contributed by atoms with Crippen LogP contribution in [0, 0.1) is 0 Å². The molecule has 1 heteroatoms. The smallest absolute Gasteiger partial charge is 0.0234 e. The van der Waals surface area contributed by atoms with Crippen LogP contribution in [0.25, 0.3) is 0 Å². The van der Waals surface area contributed by atoms with Crippen LogP contribution in [0.4, 0.5) is 0 Å². The number of rotatable bonds is 7. The van der Waals surface area contributed by atoms with Gasteiger partial charge in [-0.05, 0) is 35.7 Å². The zero-order valence-corrected chi connectivity index (χ0v) is 18.7. The van der Waals surface area contributed by atoms with Crippen LogP contribution in [0.15, 0.2) is 121 Å². The summed E-state index contributed by atoms with van der Waals surface area (Å²) in [6.45, 7) is 4.23. The van der Waals surface area contributed by atoms with E-state index in [0.717, 1.165) is 19.5 Å². The Morgan fingerprint density at radius 2 is 0.839 bits per heavy atom. The Kier molecular flexibility index (Phi) is 9.09. The first kappa shape index (κ1) is 22.5. The summed E-state index contributed by atoms with van der Waals surface area (Å²) in [6, 6.07) is 42.6. The molecule has 158 valence electrons. The third-order valence-corrected chi connectivity index (χ3v) is 5.40. The molecule has 4 aromatic rings. The molecule has 31 heavy (non-hydrogen) atoms. The molecule has 0 N–H and O–H groups in total. The first-order valence-electron chi connectivity index (χ1n) is 11.1. The minimum atomic E-state index is 0.535. The molecule has 0 aliphatic heterocycles. The van der Waals surface area contributed by atoms with Gasteiger partial charge in [0.15, 0.2) is 0 Å². The maximum absolute atomic E-state index is 2.32. The lowest BCUT2D eigenvalue weighted by atomic mass is 9.89. The molecule has 0 heterocycles. The van der Waals surface area contributed by atoms with E-state index in [0.29, 0.717) is 5.92 Å². The zero-order valence-electron chi connectivity index (χ0n) is 18.7. The summed E-state index contributed by atoms with van der Waals surface area (Å²) in [7, 11) is 2.15. The van der Waals surface area contributed by atoms with Gasteiger partial charge in [-0.15, -0.1) is 0 Å². The minimum absolute atomic E-state index is 0.535. The van der Waals surface area contributed by atoms with E-state index in [4.69, 9.17) is 0 Å². The molecule has 0 fully saturated rings. The van der Waals surface area contributed by atoms with Crippen LogP contribution in [0.3, 0.4) is 0 Å². The summed E-state index contributed by atoms with van der Waals surface area (Å²) in [5.41, 5.74) is 5.54. The second kappa shape index (κ2) is 12.5. The maximum Gasteiger partial charge on any atom is 0.0234 e. The highest BCUT2D eigenvalue weighted by molar-refractivity contribution is 5.31. The predicted molar refractivity (Wildman–Crippen MR) is 133 cm³/mol. The van der Waals surface area contributed by atoms with Gasteiger partial charge in [-0.2, -0.15) is 0 Å². The van der Waals surface area contributed by atoms with E-state index in [9.17, 15) is 0 Å². The Balaban J connectivity index is 0.000000176. The van der Waals surface area contributed by atoms with E-state index >= 15 is 0 Å². The molecule has 0 radical (unpaired) electrons. The number of hydrogen-bond donors (Lipinski definition) is 0. The third-order valence-electron chi connectivity index (χ3n) is 5.40.